The molecule has 1 unspecified atom stereocenters. The number of benzene rings is 5. The first-order valence-electron chi connectivity index (χ1n) is 15.9. The molecule has 5 aromatic rings. The minimum atomic E-state index is 0.404. The predicted molar refractivity (Wildman–Crippen MR) is 192 cm³/mol. The topological polar surface area (TPSA) is 6.48 Å². The standard InChI is InChI=1S/C42H42N2/c1-5-6-7-15-28-43(35-23-17-19-31(2)29-35)41-36-24-11-13-26-38(36)42(39-27-14-12-25-37(39)41)44(34-21-9-8-10-22-34)40-30-32(3)18-16-20-33(40)4/h5-15,17-19,21-27,29-30,33H,16,20,28H2,1-4H3/b6-5-,15-7-. The Morgan fingerprint density at radius 2 is 1.32 bits per heavy atom. The van der Waals surface area contributed by atoms with Gasteiger partial charge in [-0.05, 0) is 75.4 Å². The Kier molecular flexibility index (Phi) is 8.79. The molecule has 1 atom stereocenters. The van der Waals surface area contributed by atoms with Gasteiger partial charge in [0.05, 0.1) is 11.4 Å². The zero-order valence-electron chi connectivity index (χ0n) is 26.4. The van der Waals surface area contributed by atoms with Gasteiger partial charge in [0.2, 0.25) is 0 Å². The van der Waals surface area contributed by atoms with Crippen molar-refractivity contribution in [3.63, 3.8) is 0 Å². The van der Waals surface area contributed by atoms with Gasteiger partial charge in [-0.2, -0.15) is 0 Å². The largest absolute Gasteiger partial charge is 0.337 e. The van der Waals surface area contributed by atoms with E-state index in [0.29, 0.717) is 5.92 Å². The van der Waals surface area contributed by atoms with E-state index in [1.807, 2.05) is 0 Å². The van der Waals surface area contributed by atoms with Gasteiger partial charge in [-0.1, -0.05) is 122 Å². The Morgan fingerprint density at radius 3 is 1.95 bits per heavy atom. The van der Waals surface area contributed by atoms with Crippen LogP contribution < -0.4 is 9.80 Å². The molecule has 0 aliphatic heterocycles. The number of para-hydroxylation sites is 1. The SMILES string of the molecule is C/C=C\C=C/CN(c1cccc(C)c1)c1c2ccccc2c(N(C2=CC(C)=CCCC2C)c2ccccc2)c2ccccc12. The summed E-state index contributed by atoms with van der Waals surface area (Å²) >= 11 is 0. The molecule has 1 aliphatic rings. The van der Waals surface area contributed by atoms with E-state index in [0.717, 1.165) is 19.4 Å². The maximum Gasteiger partial charge on any atom is 0.0616 e. The monoisotopic (exact) mass is 574 g/mol. The average molecular weight is 575 g/mol. The van der Waals surface area contributed by atoms with Gasteiger partial charge in [0, 0.05) is 45.2 Å². The third-order valence-electron chi connectivity index (χ3n) is 8.63. The first kappa shape index (κ1) is 29.3. The van der Waals surface area contributed by atoms with Crippen LogP contribution in [0.25, 0.3) is 21.5 Å². The van der Waals surface area contributed by atoms with Crippen LogP contribution in [-0.2, 0) is 0 Å². The normalized spacial score (nSPS) is 15.5. The molecular weight excluding hydrogens is 532 g/mol. The van der Waals surface area contributed by atoms with Crippen molar-refractivity contribution in [1.29, 1.82) is 0 Å². The Labute approximate surface area is 263 Å². The Morgan fingerprint density at radius 1 is 0.705 bits per heavy atom. The fourth-order valence-corrected chi connectivity index (χ4v) is 6.50. The minimum absolute atomic E-state index is 0.404. The van der Waals surface area contributed by atoms with Crippen molar-refractivity contribution >= 4 is 44.3 Å². The highest BCUT2D eigenvalue weighted by Gasteiger charge is 2.27. The van der Waals surface area contributed by atoms with Crippen molar-refractivity contribution in [2.45, 2.75) is 40.5 Å². The van der Waals surface area contributed by atoms with E-state index in [4.69, 9.17) is 0 Å². The van der Waals surface area contributed by atoms with Crippen LogP contribution in [0.2, 0.25) is 0 Å². The fourth-order valence-electron chi connectivity index (χ4n) is 6.50. The predicted octanol–water partition coefficient (Wildman–Crippen LogP) is 12.0. The van der Waals surface area contributed by atoms with E-state index < -0.39 is 0 Å². The molecule has 44 heavy (non-hydrogen) atoms. The van der Waals surface area contributed by atoms with Crippen molar-refractivity contribution in [3.05, 3.63) is 156 Å². The summed E-state index contributed by atoms with van der Waals surface area (Å²) in [5.74, 6) is 0.404. The van der Waals surface area contributed by atoms with Crippen LogP contribution >= 0.6 is 0 Å². The number of allylic oxidation sites excluding steroid dienone is 7. The molecule has 0 N–H and O–H groups in total. The summed E-state index contributed by atoms with van der Waals surface area (Å²) in [5, 5.41) is 4.99. The molecule has 2 nitrogen and oxygen atoms in total. The van der Waals surface area contributed by atoms with E-state index >= 15 is 0 Å². The molecule has 220 valence electrons. The van der Waals surface area contributed by atoms with Crippen LogP contribution in [0.4, 0.5) is 22.7 Å². The molecule has 0 saturated heterocycles. The third kappa shape index (κ3) is 5.85. The Hall–Kier alpha value is -4.82. The van der Waals surface area contributed by atoms with Crippen LogP contribution in [0.3, 0.4) is 0 Å². The van der Waals surface area contributed by atoms with Gasteiger partial charge >= 0.3 is 0 Å². The quantitative estimate of drug-likeness (QED) is 0.103. The van der Waals surface area contributed by atoms with Crippen molar-refractivity contribution in [3.8, 4) is 0 Å². The van der Waals surface area contributed by atoms with Crippen LogP contribution in [0.1, 0.15) is 39.2 Å². The van der Waals surface area contributed by atoms with Gasteiger partial charge in [0.15, 0.2) is 0 Å². The Balaban J connectivity index is 1.70. The highest BCUT2D eigenvalue weighted by Crippen LogP contribution is 2.49. The van der Waals surface area contributed by atoms with E-state index in [2.05, 4.69) is 177 Å². The summed E-state index contributed by atoms with van der Waals surface area (Å²) in [6.45, 7) is 9.61. The second-order valence-corrected chi connectivity index (χ2v) is 11.9. The zero-order valence-corrected chi connectivity index (χ0v) is 26.4. The molecule has 2 heteroatoms. The molecule has 0 saturated carbocycles. The highest BCUT2D eigenvalue weighted by atomic mass is 15.2. The number of anilines is 4. The third-order valence-corrected chi connectivity index (χ3v) is 8.63. The molecular formula is C42H42N2. The lowest BCUT2D eigenvalue weighted by molar-refractivity contribution is 0.616. The van der Waals surface area contributed by atoms with E-state index in [1.54, 1.807) is 0 Å². The number of fused-ring (bicyclic) bond motifs is 2. The maximum absolute atomic E-state index is 2.55. The summed E-state index contributed by atoms with van der Waals surface area (Å²) in [6, 6.07) is 37.8. The Bertz CT molecular complexity index is 1830. The average Bonchev–Trinajstić information content (AvgIpc) is 3.21. The summed E-state index contributed by atoms with van der Waals surface area (Å²) in [7, 11) is 0. The second kappa shape index (κ2) is 13.2. The number of nitrogens with zero attached hydrogens (tertiary/aromatic N) is 2. The number of aryl methyl sites for hydroxylation is 1. The number of rotatable bonds is 8. The van der Waals surface area contributed by atoms with E-state index in [1.165, 1.54) is 61.1 Å². The molecule has 6 rings (SSSR count). The van der Waals surface area contributed by atoms with Crippen LogP contribution in [-0.4, -0.2) is 6.54 Å². The van der Waals surface area contributed by atoms with Gasteiger partial charge in [-0.15, -0.1) is 0 Å². The maximum atomic E-state index is 2.55. The number of hydrogen-bond acceptors (Lipinski definition) is 2. The molecule has 0 spiro atoms. The number of hydrogen-bond donors (Lipinski definition) is 0. The summed E-state index contributed by atoms with van der Waals surface area (Å²) < 4.78 is 0. The molecule has 1 aliphatic carbocycles. The molecule has 0 radical (unpaired) electrons. The molecule has 0 aromatic heterocycles. The van der Waals surface area contributed by atoms with Gasteiger partial charge in [0.25, 0.3) is 0 Å². The molecule has 0 bridgehead atoms. The highest BCUT2D eigenvalue weighted by molar-refractivity contribution is 6.22. The van der Waals surface area contributed by atoms with Crippen LogP contribution in [0.5, 0.6) is 0 Å². The summed E-state index contributed by atoms with van der Waals surface area (Å²) in [5.41, 5.74) is 8.79. The van der Waals surface area contributed by atoms with Gasteiger partial charge in [0.1, 0.15) is 0 Å². The van der Waals surface area contributed by atoms with E-state index in [9.17, 15) is 0 Å². The first-order chi connectivity index (χ1) is 21.6. The van der Waals surface area contributed by atoms with Crippen LogP contribution in [0.15, 0.2) is 151 Å². The van der Waals surface area contributed by atoms with Crippen LogP contribution in [0, 0.1) is 12.8 Å². The lowest BCUT2D eigenvalue weighted by Gasteiger charge is -2.35. The molecule has 0 fully saturated rings. The summed E-state index contributed by atoms with van der Waals surface area (Å²) in [6.07, 6.45) is 15.6. The van der Waals surface area contributed by atoms with Crippen molar-refractivity contribution in [2.24, 2.45) is 5.92 Å². The molecule has 0 heterocycles. The van der Waals surface area contributed by atoms with Crippen molar-refractivity contribution in [1.82, 2.24) is 0 Å². The lowest BCUT2D eigenvalue weighted by atomic mass is 9.93. The second-order valence-electron chi connectivity index (χ2n) is 11.9. The fraction of sp³-hybridized carbons (Fsp3) is 0.190. The molecule has 0 amide bonds. The lowest BCUT2D eigenvalue weighted by Crippen LogP contribution is -2.23. The van der Waals surface area contributed by atoms with Crippen molar-refractivity contribution < 1.29 is 0 Å². The minimum Gasteiger partial charge on any atom is -0.337 e. The van der Waals surface area contributed by atoms with Crippen molar-refractivity contribution in [2.75, 3.05) is 16.3 Å². The molecule has 5 aromatic carbocycles. The smallest absolute Gasteiger partial charge is 0.0616 e. The van der Waals surface area contributed by atoms with E-state index in [-0.39, 0.29) is 0 Å². The first-order valence-corrected chi connectivity index (χ1v) is 15.9. The summed E-state index contributed by atoms with van der Waals surface area (Å²) in [4.78, 5) is 5.03. The van der Waals surface area contributed by atoms with Gasteiger partial charge in [-0.25, -0.2) is 0 Å². The van der Waals surface area contributed by atoms with Gasteiger partial charge in [-0.3, -0.25) is 0 Å². The van der Waals surface area contributed by atoms with Gasteiger partial charge < -0.3 is 9.80 Å². The zero-order chi connectivity index (χ0) is 30.5.